The summed E-state index contributed by atoms with van der Waals surface area (Å²) < 4.78 is 0. The SMILES string of the molecule is Cc1cc(/C=C/CCN)c(C)s1. The van der Waals surface area contributed by atoms with Crippen LogP contribution in [0.4, 0.5) is 0 Å². The van der Waals surface area contributed by atoms with Gasteiger partial charge in [0.1, 0.15) is 0 Å². The second-order valence-corrected chi connectivity index (χ2v) is 4.31. The number of hydrogen-bond acceptors (Lipinski definition) is 2. The van der Waals surface area contributed by atoms with Gasteiger partial charge in [0, 0.05) is 9.75 Å². The van der Waals surface area contributed by atoms with Gasteiger partial charge in [0.05, 0.1) is 0 Å². The summed E-state index contributed by atoms with van der Waals surface area (Å²) in [5.41, 5.74) is 6.73. The van der Waals surface area contributed by atoms with Gasteiger partial charge in [0.25, 0.3) is 0 Å². The lowest BCUT2D eigenvalue weighted by Gasteiger charge is -1.88. The molecule has 2 N–H and O–H groups in total. The van der Waals surface area contributed by atoms with Crippen LogP contribution in [0, 0.1) is 13.8 Å². The van der Waals surface area contributed by atoms with Gasteiger partial charge in [-0.1, -0.05) is 12.2 Å². The van der Waals surface area contributed by atoms with Crippen molar-refractivity contribution in [2.45, 2.75) is 20.3 Å². The fraction of sp³-hybridized carbons (Fsp3) is 0.400. The van der Waals surface area contributed by atoms with E-state index in [1.165, 1.54) is 15.3 Å². The van der Waals surface area contributed by atoms with Gasteiger partial charge < -0.3 is 5.73 Å². The first-order valence-corrected chi connectivity index (χ1v) is 4.99. The van der Waals surface area contributed by atoms with Crippen molar-refractivity contribution < 1.29 is 0 Å². The third kappa shape index (κ3) is 2.47. The van der Waals surface area contributed by atoms with Gasteiger partial charge in [-0.05, 0) is 38.4 Å². The molecule has 0 fully saturated rings. The van der Waals surface area contributed by atoms with Crippen molar-refractivity contribution in [3.05, 3.63) is 27.5 Å². The maximum Gasteiger partial charge on any atom is 0.00892 e. The maximum atomic E-state index is 5.39. The summed E-state index contributed by atoms with van der Waals surface area (Å²) in [6, 6.07) is 2.22. The monoisotopic (exact) mass is 181 g/mol. The van der Waals surface area contributed by atoms with E-state index in [4.69, 9.17) is 5.73 Å². The molecular formula is C10H15NS. The van der Waals surface area contributed by atoms with Crippen LogP contribution in [0.2, 0.25) is 0 Å². The summed E-state index contributed by atoms with van der Waals surface area (Å²) in [6.07, 6.45) is 5.26. The van der Waals surface area contributed by atoms with Crippen LogP contribution in [0.1, 0.15) is 21.7 Å². The zero-order valence-electron chi connectivity index (χ0n) is 7.63. The van der Waals surface area contributed by atoms with Gasteiger partial charge in [-0.2, -0.15) is 0 Å². The van der Waals surface area contributed by atoms with E-state index in [0.717, 1.165) is 13.0 Å². The van der Waals surface area contributed by atoms with Crippen molar-refractivity contribution in [1.29, 1.82) is 0 Å². The first kappa shape index (κ1) is 9.49. The molecule has 0 unspecified atom stereocenters. The number of aryl methyl sites for hydroxylation is 2. The normalized spacial score (nSPS) is 11.2. The summed E-state index contributed by atoms with van der Waals surface area (Å²) in [6.45, 7) is 5.02. The highest BCUT2D eigenvalue weighted by atomic mass is 32.1. The second kappa shape index (κ2) is 4.43. The van der Waals surface area contributed by atoms with Crippen LogP contribution in [0.3, 0.4) is 0 Å². The van der Waals surface area contributed by atoms with E-state index in [0.29, 0.717) is 0 Å². The quantitative estimate of drug-likeness (QED) is 0.762. The molecule has 0 amide bonds. The molecule has 1 heterocycles. The van der Waals surface area contributed by atoms with E-state index in [2.05, 4.69) is 32.1 Å². The molecule has 0 aliphatic heterocycles. The molecule has 12 heavy (non-hydrogen) atoms. The molecule has 1 aromatic rings. The van der Waals surface area contributed by atoms with Gasteiger partial charge >= 0.3 is 0 Å². The van der Waals surface area contributed by atoms with E-state index >= 15 is 0 Å². The van der Waals surface area contributed by atoms with Crippen molar-refractivity contribution in [3.8, 4) is 0 Å². The molecule has 0 atom stereocenters. The topological polar surface area (TPSA) is 26.0 Å². The Bertz CT molecular complexity index is 273. The minimum Gasteiger partial charge on any atom is -0.330 e. The van der Waals surface area contributed by atoms with E-state index < -0.39 is 0 Å². The molecule has 0 radical (unpaired) electrons. The largest absolute Gasteiger partial charge is 0.330 e. The summed E-state index contributed by atoms with van der Waals surface area (Å²) in [5.74, 6) is 0. The molecule has 1 nitrogen and oxygen atoms in total. The third-order valence-electron chi connectivity index (χ3n) is 1.71. The van der Waals surface area contributed by atoms with Gasteiger partial charge in [-0.3, -0.25) is 0 Å². The van der Waals surface area contributed by atoms with Crippen molar-refractivity contribution >= 4 is 17.4 Å². The van der Waals surface area contributed by atoms with Crippen molar-refractivity contribution in [1.82, 2.24) is 0 Å². The zero-order valence-corrected chi connectivity index (χ0v) is 8.45. The number of nitrogens with two attached hydrogens (primary N) is 1. The third-order valence-corrected chi connectivity index (χ3v) is 2.69. The van der Waals surface area contributed by atoms with Crippen LogP contribution >= 0.6 is 11.3 Å². The smallest absolute Gasteiger partial charge is 0.00892 e. The number of hydrogen-bond donors (Lipinski definition) is 1. The van der Waals surface area contributed by atoms with Crippen molar-refractivity contribution in [2.24, 2.45) is 5.73 Å². The summed E-state index contributed by atoms with van der Waals surface area (Å²) in [5, 5.41) is 0. The van der Waals surface area contributed by atoms with Gasteiger partial charge in [-0.15, -0.1) is 11.3 Å². The summed E-state index contributed by atoms with van der Waals surface area (Å²) in [7, 11) is 0. The molecule has 0 bridgehead atoms. The Hall–Kier alpha value is -0.600. The lowest BCUT2D eigenvalue weighted by Crippen LogP contribution is -1.94. The molecule has 0 saturated heterocycles. The second-order valence-electron chi connectivity index (χ2n) is 2.85. The molecular weight excluding hydrogens is 166 g/mol. The predicted molar refractivity (Wildman–Crippen MR) is 56.5 cm³/mol. The molecule has 0 spiro atoms. The highest BCUT2D eigenvalue weighted by molar-refractivity contribution is 7.12. The Morgan fingerprint density at radius 3 is 2.75 bits per heavy atom. The molecule has 1 rings (SSSR count). The van der Waals surface area contributed by atoms with E-state index in [-0.39, 0.29) is 0 Å². The van der Waals surface area contributed by atoms with Crippen LogP contribution in [0.5, 0.6) is 0 Å². The van der Waals surface area contributed by atoms with Gasteiger partial charge in [0.15, 0.2) is 0 Å². The fourth-order valence-corrected chi connectivity index (χ4v) is 2.04. The molecule has 0 saturated carbocycles. The van der Waals surface area contributed by atoms with Crippen LogP contribution in [-0.4, -0.2) is 6.54 Å². The maximum absolute atomic E-state index is 5.39. The van der Waals surface area contributed by atoms with E-state index in [9.17, 15) is 0 Å². The van der Waals surface area contributed by atoms with Crippen molar-refractivity contribution in [3.63, 3.8) is 0 Å². The summed E-state index contributed by atoms with van der Waals surface area (Å²) in [4.78, 5) is 2.76. The Morgan fingerprint density at radius 1 is 1.50 bits per heavy atom. The van der Waals surface area contributed by atoms with Gasteiger partial charge in [-0.25, -0.2) is 0 Å². The highest BCUT2D eigenvalue weighted by Crippen LogP contribution is 2.21. The first-order chi connectivity index (χ1) is 5.74. The standard InChI is InChI=1S/C10H15NS/c1-8-7-10(9(2)12-8)5-3-4-6-11/h3,5,7H,4,6,11H2,1-2H3/b5-3+. The minimum absolute atomic E-state index is 0.735. The average Bonchev–Trinajstić information content (AvgIpc) is 2.31. The molecule has 2 heteroatoms. The Morgan fingerprint density at radius 2 is 2.25 bits per heavy atom. The molecule has 66 valence electrons. The Kier molecular flexibility index (Phi) is 3.50. The van der Waals surface area contributed by atoms with Crippen molar-refractivity contribution in [2.75, 3.05) is 6.54 Å². The average molecular weight is 181 g/mol. The van der Waals surface area contributed by atoms with Crippen LogP contribution in [0.25, 0.3) is 6.08 Å². The van der Waals surface area contributed by atoms with E-state index in [1.54, 1.807) is 0 Å². The molecule has 0 aliphatic carbocycles. The first-order valence-electron chi connectivity index (χ1n) is 4.17. The highest BCUT2D eigenvalue weighted by Gasteiger charge is 1.97. The minimum atomic E-state index is 0.735. The summed E-state index contributed by atoms with van der Waals surface area (Å²) >= 11 is 1.84. The van der Waals surface area contributed by atoms with Crippen LogP contribution < -0.4 is 5.73 Å². The number of thiophene rings is 1. The van der Waals surface area contributed by atoms with E-state index in [1.807, 2.05) is 11.3 Å². The lowest BCUT2D eigenvalue weighted by atomic mass is 10.2. The molecule has 1 aromatic heterocycles. The zero-order chi connectivity index (χ0) is 8.97. The van der Waals surface area contributed by atoms with Crippen LogP contribution in [0.15, 0.2) is 12.1 Å². The molecule has 0 aromatic carbocycles. The Labute approximate surface area is 77.9 Å². The van der Waals surface area contributed by atoms with Gasteiger partial charge in [0.2, 0.25) is 0 Å². The fourth-order valence-electron chi connectivity index (χ4n) is 1.12. The predicted octanol–water partition coefficient (Wildman–Crippen LogP) is 2.73. The number of rotatable bonds is 3. The lowest BCUT2D eigenvalue weighted by molar-refractivity contribution is 1.01. The van der Waals surface area contributed by atoms with Crippen LogP contribution in [-0.2, 0) is 0 Å². The molecule has 0 aliphatic rings. The Balaban J connectivity index is 2.68.